The molecule has 0 fully saturated rings. The Bertz CT molecular complexity index is 688. The molecule has 0 aliphatic carbocycles. The maximum absolute atomic E-state index is 12.0. The van der Waals surface area contributed by atoms with E-state index in [0.717, 1.165) is 23.4 Å². The number of hydrogen-bond acceptors (Lipinski definition) is 3. The zero-order valence-electron chi connectivity index (χ0n) is 12.7. The van der Waals surface area contributed by atoms with Crippen molar-refractivity contribution in [1.29, 1.82) is 0 Å². The van der Waals surface area contributed by atoms with E-state index in [4.69, 9.17) is 0 Å². The van der Waals surface area contributed by atoms with Gasteiger partial charge in [0.05, 0.1) is 11.0 Å². The number of benzene rings is 1. The normalized spacial score (nSPS) is 10.9. The van der Waals surface area contributed by atoms with Crippen molar-refractivity contribution >= 4 is 22.8 Å². The molecule has 0 aliphatic rings. The number of rotatable bonds is 3. The summed E-state index contributed by atoms with van der Waals surface area (Å²) in [7, 11) is 0. The standard InChI is InChI=1S/C15H20N4O2/c1-5-19-10(4)16-12-8-11(6-7-13(12)19)15(21)18-17-14(20)9(2)3/h6-9H,5H2,1-4H3,(H,17,20)(H,18,21). The Balaban J connectivity index is 2.19. The molecule has 0 bridgehead atoms. The summed E-state index contributed by atoms with van der Waals surface area (Å²) in [5.41, 5.74) is 7.04. The fraction of sp³-hybridized carbons (Fsp3) is 0.400. The molecule has 0 saturated carbocycles. The fourth-order valence-corrected chi connectivity index (χ4v) is 2.13. The third-order valence-corrected chi connectivity index (χ3v) is 3.34. The first kappa shape index (κ1) is 15.0. The Kier molecular flexibility index (Phi) is 4.26. The van der Waals surface area contributed by atoms with Crippen molar-refractivity contribution < 1.29 is 9.59 Å². The molecular formula is C15H20N4O2. The van der Waals surface area contributed by atoms with Crippen LogP contribution in [-0.2, 0) is 11.3 Å². The molecule has 2 rings (SSSR count). The molecule has 6 nitrogen and oxygen atoms in total. The molecule has 2 aromatic rings. The molecule has 1 aromatic carbocycles. The summed E-state index contributed by atoms with van der Waals surface area (Å²) < 4.78 is 2.08. The van der Waals surface area contributed by atoms with Crippen molar-refractivity contribution in [1.82, 2.24) is 20.4 Å². The second-order valence-corrected chi connectivity index (χ2v) is 5.20. The second-order valence-electron chi connectivity index (χ2n) is 5.20. The zero-order chi connectivity index (χ0) is 15.6. The first-order chi connectivity index (χ1) is 9.93. The lowest BCUT2D eigenvalue weighted by Gasteiger charge is -2.09. The van der Waals surface area contributed by atoms with Crippen molar-refractivity contribution in [3.8, 4) is 0 Å². The van der Waals surface area contributed by atoms with Crippen LogP contribution in [0.25, 0.3) is 11.0 Å². The van der Waals surface area contributed by atoms with E-state index >= 15 is 0 Å². The lowest BCUT2D eigenvalue weighted by Crippen LogP contribution is -2.43. The Morgan fingerprint density at radius 2 is 2.00 bits per heavy atom. The lowest BCUT2D eigenvalue weighted by molar-refractivity contribution is -0.124. The smallest absolute Gasteiger partial charge is 0.269 e. The highest BCUT2D eigenvalue weighted by molar-refractivity contribution is 5.98. The first-order valence-corrected chi connectivity index (χ1v) is 7.01. The highest BCUT2D eigenvalue weighted by Crippen LogP contribution is 2.17. The Hall–Kier alpha value is -2.37. The number of nitrogens with one attached hydrogen (secondary N) is 2. The van der Waals surface area contributed by atoms with Crippen molar-refractivity contribution in [3.63, 3.8) is 0 Å². The van der Waals surface area contributed by atoms with Gasteiger partial charge in [0.15, 0.2) is 0 Å². The SMILES string of the molecule is CCn1c(C)nc2cc(C(=O)NNC(=O)C(C)C)ccc21. The zero-order valence-corrected chi connectivity index (χ0v) is 12.7. The van der Waals surface area contributed by atoms with Crippen LogP contribution >= 0.6 is 0 Å². The summed E-state index contributed by atoms with van der Waals surface area (Å²) in [5.74, 6) is 0.152. The average Bonchev–Trinajstić information content (AvgIpc) is 2.78. The maximum Gasteiger partial charge on any atom is 0.269 e. The van der Waals surface area contributed by atoms with Crippen LogP contribution < -0.4 is 10.9 Å². The predicted octanol–water partition coefficient (Wildman–Crippen LogP) is 1.78. The van der Waals surface area contributed by atoms with E-state index in [1.54, 1.807) is 26.0 Å². The third-order valence-electron chi connectivity index (χ3n) is 3.34. The van der Waals surface area contributed by atoms with E-state index in [0.29, 0.717) is 5.56 Å². The van der Waals surface area contributed by atoms with Crippen LogP contribution in [0, 0.1) is 12.8 Å². The van der Waals surface area contributed by atoms with Crippen LogP contribution in [-0.4, -0.2) is 21.4 Å². The van der Waals surface area contributed by atoms with E-state index in [2.05, 4.69) is 27.3 Å². The number of fused-ring (bicyclic) bond motifs is 1. The van der Waals surface area contributed by atoms with Gasteiger partial charge in [0.1, 0.15) is 5.82 Å². The summed E-state index contributed by atoms with van der Waals surface area (Å²) in [4.78, 5) is 27.9. The van der Waals surface area contributed by atoms with Crippen LogP contribution in [0.1, 0.15) is 37.0 Å². The minimum Gasteiger partial charge on any atom is -0.329 e. The number of imidazole rings is 1. The largest absolute Gasteiger partial charge is 0.329 e. The van der Waals surface area contributed by atoms with Gasteiger partial charge in [-0.05, 0) is 32.0 Å². The van der Waals surface area contributed by atoms with Gasteiger partial charge in [-0.15, -0.1) is 0 Å². The molecule has 21 heavy (non-hydrogen) atoms. The Morgan fingerprint density at radius 3 is 2.62 bits per heavy atom. The molecule has 0 aliphatic heterocycles. The van der Waals surface area contributed by atoms with E-state index in [1.165, 1.54) is 0 Å². The van der Waals surface area contributed by atoms with E-state index < -0.39 is 0 Å². The molecule has 0 saturated heterocycles. The van der Waals surface area contributed by atoms with Gasteiger partial charge in [-0.1, -0.05) is 13.8 Å². The number of amides is 2. The highest BCUT2D eigenvalue weighted by atomic mass is 16.2. The molecule has 6 heteroatoms. The van der Waals surface area contributed by atoms with Crippen LogP contribution in [0.4, 0.5) is 0 Å². The topological polar surface area (TPSA) is 76.0 Å². The molecular weight excluding hydrogens is 268 g/mol. The highest BCUT2D eigenvalue weighted by Gasteiger charge is 2.12. The average molecular weight is 288 g/mol. The minimum absolute atomic E-state index is 0.185. The Morgan fingerprint density at radius 1 is 1.29 bits per heavy atom. The van der Waals surface area contributed by atoms with Crippen LogP contribution in [0.5, 0.6) is 0 Å². The van der Waals surface area contributed by atoms with Crippen molar-refractivity contribution in [2.45, 2.75) is 34.2 Å². The Labute approximate surface area is 123 Å². The lowest BCUT2D eigenvalue weighted by atomic mass is 10.2. The van der Waals surface area contributed by atoms with Crippen molar-refractivity contribution in [3.05, 3.63) is 29.6 Å². The molecule has 0 unspecified atom stereocenters. The van der Waals surface area contributed by atoms with Gasteiger partial charge in [0.2, 0.25) is 5.91 Å². The van der Waals surface area contributed by atoms with Gasteiger partial charge >= 0.3 is 0 Å². The third kappa shape index (κ3) is 3.04. The summed E-state index contributed by atoms with van der Waals surface area (Å²) in [6.07, 6.45) is 0. The van der Waals surface area contributed by atoms with Gasteiger partial charge < -0.3 is 4.57 Å². The van der Waals surface area contributed by atoms with E-state index in [9.17, 15) is 9.59 Å². The summed E-state index contributed by atoms with van der Waals surface area (Å²) in [5, 5.41) is 0. The number of hydrazine groups is 1. The van der Waals surface area contributed by atoms with Crippen molar-refractivity contribution in [2.24, 2.45) is 5.92 Å². The molecule has 2 N–H and O–H groups in total. The molecule has 0 atom stereocenters. The van der Waals surface area contributed by atoms with Gasteiger partial charge in [0.25, 0.3) is 5.91 Å². The number of hydrogen-bond donors (Lipinski definition) is 2. The summed E-state index contributed by atoms with van der Waals surface area (Å²) >= 11 is 0. The molecule has 112 valence electrons. The second kappa shape index (κ2) is 5.95. The monoisotopic (exact) mass is 288 g/mol. The number of carbonyl (C=O) groups is 2. The quantitative estimate of drug-likeness (QED) is 0.845. The summed E-state index contributed by atoms with van der Waals surface area (Å²) in [6.45, 7) is 8.34. The van der Waals surface area contributed by atoms with Gasteiger partial charge in [-0.2, -0.15) is 0 Å². The number of nitrogens with zero attached hydrogens (tertiary/aromatic N) is 2. The van der Waals surface area contributed by atoms with Gasteiger partial charge in [-0.25, -0.2) is 4.98 Å². The molecule has 2 amide bonds. The number of aromatic nitrogens is 2. The molecule has 1 heterocycles. The van der Waals surface area contributed by atoms with Crippen LogP contribution in [0.3, 0.4) is 0 Å². The predicted molar refractivity (Wildman–Crippen MR) is 80.6 cm³/mol. The van der Waals surface area contributed by atoms with Crippen molar-refractivity contribution in [2.75, 3.05) is 0 Å². The van der Waals surface area contributed by atoms with E-state index in [-0.39, 0.29) is 17.7 Å². The first-order valence-electron chi connectivity index (χ1n) is 7.01. The number of aryl methyl sites for hydroxylation is 2. The number of carbonyl (C=O) groups excluding carboxylic acids is 2. The fourth-order valence-electron chi connectivity index (χ4n) is 2.13. The van der Waals surface area contributed by atoms with E-state index in [1.807, 2.05) is 13.0 Å². The molecule has 0 spiro atoms. The van der Waals surface area contributed by atoms with Crippen LogP contribution in [0.2, 0.25) is 0 Å². The minimum atomic E-state index is -0.352. The van der Waals surface area contributed by atoms with Gasteiger partial charge in [-0.3, -0.25) is 20.4 Å². The maximum atomic E-state index is 12.0. The van der Waals surface area contributed by atoms with Gasteiger partial charge in [0, 0.05) is 18.0 Å². The molecule has 1 aromatic heterocycles. The molecule has 0 radical (unpaired) electrons. The van der Waals surface area contributed by atoms with Crippen LogP contribution in [0.15, 0.2) is 18.2 Å². The summed E-state index contributed by atoms with van der Waals surface area (Å²) in [6, 6.07) is 5.33.